The predicted octanol–water partition coefficient (Wildman–Crippen LogP) is 2.69. The quantitative estimate of drug-likeness (QED) is 0.462. The molecule has 0 spiro atoms. The summed E-state index contributed by atoms with van der Waals surface area (Å²) in [4.78, 5) is 1.04. The van der Waals surface area contributed by atoms with Crippen molar-refractivity contribution in [3.05, 3.63) is 20.8 Å². The zero-order valence-corrected chi connectivity index (χ0v) is 10.9. The standard InChI is InChI=1S/C9H13BrF2N2OS/c10-6-2-4-16-9(6)7(14-13)1-3-15-5-8(11)12/h2,4,7-8,14H,1,3,5,13H2. The minimum Gasteiger partial charge on any atom is -0.375 e. The van der Waals surface area contributed by atoms with Crippen molar-refractivity contribution in [3.63, 3.8) is 0 Å². The Morgan fingerprint density at radius 3 is 2.81 bits per heavy atom. The van der Waals surface area contributed by atoms with Crippen molar-refractivity contribution in [1.82, 2.24) is 5.43 Å². The van der Waals surface area contributed by atoms with E-state index in [0.717, 1.165) is 9.35 Å². The van der Waals surface area contributed by atoms with Crippen LogP contribution in [0.4, 0.5) is 8.78 Å². The number of ether oxygens (including phenoxy) is 1. The van der Waals surface area contributed by atoms with Gasteiger partial charge in [-0.05, 0) is 33.8 Å². The number of alkyl halides is 2. The van der Waals surface area contributed by atoms with Gasteiger partial charge in [0.15, 0.2) is 0 Å². The molecule has 1 rings (SSSR count). The Labute approximate surface area is 105 Å². The van der Waals surface area contributed by atoms with Crippen LogP contribution in [0, 0.1) is 0 Å². The Kier molecular flexibility index (Phi) is 6.37. The molecule has 7 heteroatoms. The number of nitrogens with one attached hydrogen (secondary N) is 1. The fourth-order valence-corrected chi connectivity index (χ4v) is 2.96. The Hall–Kier alpha value is -0.0800. The number of halogens is 3. The second kappa shape index (κ2) is 7.29. The molecular formula is C9H13BrF2N2OS. The molecule has 1 atom stereocenters. The van der Waals surface area contributed by atoms with Crippen molar-refractivity contribution in [2.75, 3.05) is 13.2 Å². The first-order valence-electron chi connectivity index (χ1n) is 4.70. The first-order chi connectivity index (χ1) is 7.65. The third-order valence-electron chi connectivity index (χ3n) is 1.96. The zero-order valence-electron chi connectivity index (χ0n) is 8.46. The van der Waals surface area contributed by atoms with E-state index in [1.807, 2.05) is 11.4 Å². The summed E-state index contributed by atoms with van der Waals surface area (Å²) in [6.07, 6.45) is -1.86. The van der Waals surface area contributed by atoms with Crippen molar-refractivity contribution in [3.8, 4) is 0 Å². The molecule has 0 radical (unpaired) electrons. The topological polar surface area (TPSA) is 47.3 Å². The molecule has 1 heterocycles. The number of hydrazine groups is 1. The van der Waals surface area contributed by atoms with Gasteiger partial charge in [-0.2, -0.15) is 0 Å². The van der Waals surface area contributed by atoms with E-state index in [2.05, 4.69) is 21.4 Å². The molecule has 1 aromatic heterocycles. The van der Waals surface area contributed by atoms with E-state index in [9.17, 15) is 8.78 Å². The largest absolute Gasteiger partial charge is 0.375 e. The first-order valence-corrected chi connectivity index (χ1v) is 6.37. The number of rotatable bonds is 7. The lowest BCUT2D eigenvalue weighted by atomic mass is 10.2. The molecule has 0 amide bonds. The van der Waals surface area contributed by atoms with Gasteiger partial charge in [0.05, 0.1) is 6.04 Å². The zero-order chi connectivity index (χ0) is 12.0. The van der Waals surface area contributed by atoms with E-state index in [4.69, 9.17) is 10.6 Å². The van der Waals surface area contributed by atoms with Crippen LogP contribution in [-0.2, 0) is 4.74 Å². The summed E-state index contributed by atoms with van der Waals surface area (Å²) in [5.74, 6) is 5.41. The van der Waals surface area contributed by atoms with Gasteiger partial charge in [-0.1, -0.05) is 0 Å². The number of hydrogen-bond donors (Lipinski definition) is 2. The predicted molar refractivity (Wildman–Crippen MR) is 63.5 cm³/mol. The van der Waals surface area contributed by atoms with Crippen molar-refractivity contribution in [1.29, 1.82) is 0 Å². The molecule has 0 bridgehead atoms. The molecule has 0 aliphatic heterocycles. The lowest BCUT2D eigenvalue weighted by molar-refractivity contribution is 0.0144. The van der Waals surface area contributed by atoms with Crippen molar-refractivity contribution in [2.24, 2.45) is 5.84 Å². The van der Waals surface area contributed by atoms with E-state index in [1.54, 1.807) is 11.3 Å². The van der Waals surface area contributed by atoms with Gasteiger partial charge in [-0.25, -0.2) is 8.78 Å². The molecular weight excluding hydrogens is 302 g/mol. The van der Waals surface area contributed by atoms with E-state index < -0.39 is 13.0 Å². The van der Waals surface area contributed by atoms with Crippen LogP contribution < -0.4 is 11.3 Å². The van der Waals surface area contributed by atoms with Crippen molar-refractivity contribution < 1.29 is 13.5 Å². The van der Waals surface area contributed by atoms with E-state index in [-0.39, 0.29) is 12.6 Å². The van der Waals surface area contributed by atoms with E-state index >= 15 is 0 Å². The minimum absolute atomic E-state index is 0.0768. The van der Waals surface area contributed by atoms with Crippen LogP contribution in [0.2, 0.25) is 0 Å². The van der Waals surface area contributed by atoms with Gasteiger partial charge in [0.2, 0.25) is 0 Å². The summed E-state index contributed by atoms with van der Waals surface area (Å²) < 4.78 is 29.4. The van der Waals surface area contributed by atoms with Crippen molar-refractivity contribution in [2.45, 2.75) is 18.9 Å². The molecule has 3 nitrogen and oxygen atoms in total. The van der Waals surface area contributed by atoms with Crippen LogP contribution in [0.15, 0.2) is 15.9 Å². The molecule has 0 aromatic carbocycles. The van der Waals surface area contributed by atoms with Gasteiger partial charge in [-0.15, -0.1) is 11.3 Å². The van der Waals surface area contributed by atoms with Gasteiger partial charge >= 0.3 is 0 Å². The summed E-state index contributed by atoms with van der Waals surface area (Å²) in [7, 11) is 0. The highest BCUT2D eigenvalue weighted by Crippen LogP contribution is 2.30. The summed E-state index contributed by atoms with van der Waals surface area (Å²) in [6.45, 7) is -0.271. The highest BCUT2D eigenvalue weighted by molar-refractivity contribution is 9.10. The minimum atomic E-state index is -2.42. The molecule has 0 aliphatic rings. The Morgan fingerprint density at radius 1 is 1.56 bits per heavy atom. The summed E-state index contributed by atoms with van der Waals surface area (Å²) in [6, 6.07) is 1.84. The fraction of sp³-hybridized carbons (Fsp3) is 0.556. The maximum absolute atomic E-state index is 11.8. The molecule has 0 fully saturated rings. The Balaban J connectivity index is 2.36. The van der Waals surface area contributed by atoms with Gasteiger partial charge in [0.25, 0.3) is 6.43 Å². The number of nitrogens with two attached hydrogens (primary N) is 1. The van der Waals surface area contributed by atoms with E-state index in [0.29, 0.717) is 6.42 Å². The lowest BCUT2D eigenvalue weighted by Gasteiger charge is -2.14. The normalized spacial score (nSPS) is 13.3. The summed E-state index contributed by atoms with van der Waals surface area (Å²) >= 11 is 4.95. The molecule has 1 unspecified atom stereocenters. The van der Waals surface area contributed by atoms with Crippen LogP contribution in [0.5, 0.6) is 0 Å². The van der Waals surface area contributed by atoms with Crippen LogP contribution >= 0.6 is 27.3 Å². The van der Waals surface area contributed by atoms with Crippen LogP contribution in [0.25, 0.3) is 0 Å². The molecule has 0 saturated carbocycles. The maximum atomic E-state index is 11.8. The molecule has 1 aromatic rings. The second-order valence-corrected chi connectivity index (χ2v) is 4.91. The molecule has 16 heavy (non-hydrogen) atoms. The number of hydrogen-bond acceptors (Lipinski definition) is 4. The summed E-state index contributed by atoms with van der Waals surface area (Å²) in [5, 5.41) is 1.93. The number of thiophene rings is 1. The molecule has 0 saturated heterocycles. The fourth-order valence-electron chi connectivity index (χ4n) is 1.22. The molecule has 92 valence electrons. The Morgan fingerprint density at radius 2 is 2.31 bits per heavy atom. The first kappa shape index (κ1) is 14.0. The third-order valence-corrected chi connectivity index (χ3v) is 3.94. The highest BCUT2D eigenvalue weighted by Gasteiger charge is 2.14. The summed E-state index contributed by atoms with van der Waals surface area (Å²) in [5.41, 5.74) is 2.65. The lowest BCUT2D eigenvalue weighted by Crippen LogP contribution is -2.28. The second-order valence-electron chi connectivity index (χ2n) is 3.11. The van der Waals surface area contributed by atoms with Gasteiger partial charge < -0.3 is 4.74 Å². The smallest absolute Gasteiger partial charge is 0.261 e. The van der Waals surface area contributed by atoms with Crippen LogP contribution in [0.3, 0.4) is 0 Å². The highest BCUT2D eigenvalue weighted by atomic mass is 79.9. The SMILES string of the molecule is NNC(CCOCC(F)F)c1sccc1Br. The Bertz CT molecular complexity index is 311. The van der Waals surface area contributed by atoms with Gasteiger partial charge in [0.1, 0.15) is 6.61 Å². The maximum Gasteiger partial charge on any atom is 0.261 e. The van der Waals surface area contributed by atoms with Crippen LogP contribution in [0.1, 0.15) is 17.3 Å². The van der Waals surface area contributed by atoms with Gasteiger partial charge in [0, 0.05) is 16.0 Å². The van der Waals surface area contributed by atoms with Crippen LogP contribution in [-0.4, -0.2) is 19.6 Å². The van der Waals surface area contributed by atoms with Crippen molar-refractivity contribution >= 4 is 27.3 Å². The van der Waals surface area contributed by atoms with E-state index in [1.165, 1.54) is 0 Å². The monoisotopic (exact) mass is 314 g/mol. The van der Waals surface area contributed by atoms with Gasteiger partial charge in [-0.3, -0.25) is 11.3 Å². The molecule has 0 aliphatic carbocycles. The average Bonchev–Trinajstić information content (AvgIpc) is 2.65. The average molecular weight is 315 g/mol. The molecule has 3 N–H and O–H groups in total. The third kappa shape index (κ3) is 4.42.